The third-order valence-corrected chi connectivity index (χ3v) is 3.78. The van der Waals surface area contributed by atoms with E-state index < -0.39 is 0 Å². The van der Waals surface area contributed by atoms with Gasteiger partial charge >= 0.3 is 6.03 Å². The summed E-state index contributed by atoms with van der Waals surface area (Å²) in [5, 5.41) is 2.98. The molecule has 6 nitrogen and oxygen atoms in total. The summed E-state index contributed by atoms with van der Waals surface area (Å²) in [6, 6.07) is 0.0572. The summed E-state index contributed by atoms with van der Waals surface area (Å²) in [7, 11) is 0. The van der Waals surface area contributed by atoms with E-state index in [0.29, 0.717) is 19.1 Å². The van der Waals surface area contributed by atoms with Crippen LogP contribution in [0.5, 0.6) is 0 Å². The fourth-order valence-electron chi connectivity index (χ4n) is 2.72. The van der Waals surface area contributed by atoms with Crippen LogP contribution in [-0.4, -0.2) is 53.3 Å². The zero-order valence-electron chi connectivity index (χ0n) is 12.8. The van der Waals surface area contributed by atoms with Crippen molar-refractivity contribution < 1.29 is 9.53 Å². The minimum atomic E-state index is 0.0572. The molecule has 118 valence electrons. The molecule has 0 aliphatic carbocycles. The van der Waals surface area contributed by atoms with Crippen LogP contribution in [0.15, 0.2) is 18.7 Å². The van der Waals surface area contributed by atoms with Crippen LogP contribution in [0.3, 0.4) is 0 Å². The summed E-state index contributed by atoms with van der Waals surface area (Å²) in [5.74, 6) is 0.516. The van der Waals surface area contributed by atoms with E-state index in [1.54, 1.807) is 6.20 Å². The van der Waals surface area contributed by atoms with Crippen LogP contribution in [0.4, 0.5) is 4.79 Å². The molecule has 2 heterocycles. The number of carbonyl (C=O) groups is 1. The van der Waals surface area contributed by atoms with Gasteiger partial charge in [-0.1, -0.05) is 0 Å². The highest BCUT2D eigenvalue weighted by Crippen LogP contribution is 2.18. The van der Waals surface area contributed by atoms with Gasteiger partial charge in [0, 0.05) is 51.8 Å². The number of nitrogens with one attached hydrogen (secondary N) is 1. The van der Waals surface area contributed by atoms with Gasteiger partial charge in [-0.3, -0.25) is 0 Å². The van der Waals surface area contributed by atoms with Gasteiger partial charge in [-0.25, -0.2) is 9.78 Å². The molecule has 0 aromatic carbocycles. The molecule has 2 rings (SSSR count). The van der Waals surface area contributed by atoms with Gasteiger partial charge < -0.3 is 19.5 Å². The average molecular weight is 294 g/mol. The normalized spacial score (nSPS) is 18.7. The summed E-state index contributed by atoms with van der Waals surface area (Å²) in [5.41, 5.74) is 0. The van der Waals surface area contributed by atoms with Crippen molar-refractivity contribution >= 4 is 6.03 Å². The van der Waals surface area contributed by atoms with Crippen LogP contribution in [-0.2, 0) is 11.3 Å². The van der Waals surface area contributed by atoms with Crippen LogP contribution in [0.1, 0.15) is 26.2 Å². The van der Waals surface area contributed by atoms with E-state index in [9.17, 15) is 4.79 Å². The van der Waals surface area contributed by atoms with E-state index in [1.807, 2.05) is 24.3 Å². The molecule has 2 amide bonds. The Morgan fingerprint density at radius 1 is 1.52 bits per heavy atom. The van der Waals surface area contributed by atoms with Gasteiger partial charge in [-0.15, -0.1) is 0 Å². The molecule has 1 fully saturated rings. The number of nitrogens with zero attached hydrogens (tertiary/aromatic N) is 3. The highest BCUT2D eigenvalue weighted by Gasteiger charge is 2.23. The van der Waals surface area contributed by atoms with E-state index in [4.69, 9.17) is 4.74 Å². The Labute approximate surface area is 126 Å². The standard InChI is InChI=1S/C15H26N4O2/c1-2-21-10-4-6-17-15(20)19-8-3-5-14(12-19)11-18-9-7-16-13-18/h7,9,13-14H,2-6,8,10-12H2,1H3,(H,17,20)/t14-/m1/s1. The first-order valence-electron chi connectivity index (χ1n) is 7.86. The van der Waals surface area contributed by atoms with Crippen LogP contribution in [0.25, 0.3) is 0 Å². The second-order valence-corrected chi connectivity index (χ2v) is 5.50. The van der Waals surface area contributed by atoms with Crippen LogP contribution in [0.2, 0.25) is 0 Å². The molecular weight excluding hydrogens is 268 g/mol. The zero-order chi connectivity index (χ0) is 14.9. The number of aromatic nitrogens is 2. The summed E-state index contributed by atoms with van der Waals surface area (Å²) < 4.78 is 7.35. The van der Waals surface area contributed by atoms with Crippen molar-refractivity contribution in [1.82, 2.24) is 19.8 Å². The van der Waals surface area contributed by atoms with Crippen molar-refractivity contribution in [2.75, 3.05) is 32.8 Å². The summed E-state index contributed by atoms with van der Waals surface area (Å²) >= 11 is 0. The fourth-order valence-corrected chi connectivity index (χ4v) is 2.72. The number of rotatable bonds is 7. The highest BCUT2D eigenvalue weighted by atomic mass is 16.5. The first kappa shape index (κ1) is 15.8. The highest BCUT2D eigenvalue weighted by molar-refractivity contribution is 5.74. The second-order valence-electron chi connectivity index (χ2n) is 5.50. The molecule has 0 unspecified atom stereocenters. The molecular formula is C15H26N4O2. The zero-order valence-corrected chi connectivity index (χ0v) is 12.8. The molecule has 1 aromatic rings. The van der Waals surface area contributed by atoms with Crippen molar-refractivity contribution in [1.29, 1.82) is 0 Å². The Morgan fingerprint density at radius 3 is 3.19 bits per heavy atom. The second kappa shape index (κ2) is 8.67. The van der Waals surface area contributed by atoms with Crippen LogP contribution >= 0.6 is 0 Å². The third kappa shape index (κ3) is 5.38. The molecule has 1 atom stereocenters. The first-order valence-corrected chi connectivity index (χ1v) is 7.86. The van der Waals surface area contributed by atoms with E-state index in [0.717, 1.165) is 39.1 Å². The van der Waals surface area contributed by atoms with Gasteiger partial charge in [0.05, 0.1) is 6.33 Å². The summed E-state index contributed by atoms with van der Waals surface area (Å²) in [6.45, 7) is 6.73. The smallest absolute Gasteiger partial charge is 0.317 e. The predicted molar refractivity (Wildman–Crippen MR) is 81.0 cm³/mol. The molecule has 0 radical (unpaired) electrons. The number of urea groups is 1. The Kier molecular flexibility index (Phi) is 6.53. The molecule has 1 N–H and O–H groups in total. The Morgan fingerprint density at radius 2 is 2.43 bits per heavy atom. The van der Waals surface area contributed by atoms with Crippen LogP contribution < -0.4 is 5.32 Å². The molecule has 1 aromatic heterocycles. The molecule has 0 spiro atoms. The lowest BCUT2D eigenvalue weighted by atomic mass is 9.98. The lowest BCUT2D eigenvalue weighted by Crippen LogP contribution is -2.46. The molecule has 1 saturated heterocycles. The number of ether oxygens (including phenoxy) is 1. The van der Waals surface area contributed by atoms with Crippen molar-refractivity contribution in [2.24, 2.45) is 5.92 Å². The van der Waals surface area contributed by atoms with Gasteiger partial charge in [0.25, 0.3) is 0 Å². The van der Waals surface area contributed by atoms with Gasteiger partial charge in [0.15, 0.2) is 0 Å². The third-order valence-electron chi connectivity index (χ3n) is 3.78. The van der Waals surface area contributed by atoms with Crippen molar-refractivity contribution in [2.45, 2.75) is 32.7 Å². The quantitative estimate of drug-likeness (QED) is 0.779. The molecule has 21 heavy (non-hydrogen) atoms. The number of hydrogen-bond donors (Lipinski definition) is 1. The maximum absolute atomic E-state index is 12.1. The van der Waals surface area contributed by atoms with E-state index in [-0.39, 0.29) is 6.03 Å². The van der Waals surface area contributed by atoms with Gasteiger partial charge in [-0.2, -0.15) is 0 Å². The van der Waals surface area contributed by atoms with Crippen molar-refractivity contribution in [3.63, 3.8) is 0 Å². The number of carbonyl (C=O) groups excluding carboxylic acids is 1. The number of likely N-dealkylation sites (tertiary alicyclic amines) is 1. The van der Waals surface area contributed by atoms with Gasteiger partial charge in [0.1, 0.15) is 0 Å². The summed E-state index contributed by atoms with van der Waals surface area (Å²) in [4.78, 5) is 18.1. The van der Waals surface area contributed by atoms with E-state index in [2.05, 4.69) is 14.9 Å². The topological polar surface area (TPSA) is 59.4 Å². The molecule has 6 heteroatoms. The average Bonchev–Trinajstić information content (AvgIpc) is 3.00. The molecule has 1 aliphatic heterocycles. The number of hydrogen-bond acceptors (Lipinski definition) is 3. The largest absolute Gasteiger partial charge is 0.382 e. The number of imidazole rings is 1. The fraction of sp³-hybridized carbons (Fsp3) is 0.733. The van der Waals surface area contributed by atoms with Gasteiger partial charge in [0.2, 0.25) is 0 Å². The van der Waals surface area contributed by atoms with Crippen molar-refractivity contribution in [3.05, 3.63) is 18.7 Å². The molecule has 0 saturated carbocycles. The summed E-state index contributed by atoms with van der Waals surface area (Å²) in [6.07, 6.45) is 8.73. The van der Waals surface area contributed by atoms with Gasteiger partial charge in [-0.05, 0) is 32.1 Å². The maximum atomic E-state index is 12.1. The SMILES string of the molecule is CCOCCCNC(=O)N1CCC[C@H](Cn2ccnc2)C1. The minimum Gasteiger partial charge on any atom is -0.382 e. The molecule has 0 bridgehead atoms. The van der Waals surface area contributed by atoms with Crippen LogP contribution in [0, 0.1) is 5.92 Å². The van der Waals surface area contributed by atoms with E-state index in [1.165, 1.54) is 6.42 Å². The number of amides is 2. The maximum Gasteiger partial charge on any atom is 0.317 e. The Hall–Kier alpha value is -1.56. The monoisotopic (exact) mass is 294 g/mol. The Bertz CT molecular complexity index is 408. The predicted octanol–water partition coefficient (Wildman–Crippen LogP) is 1.73. The number of piperidine rings is 1. The van der Waals surface area contributed by atoms with Crippen molar-refractivity contribution in [3.8, 4) is 0 Å². The first-order chi connectivity index (χ1) is 10.3. The van der Waals surface area contributed by atoms with E-state index >= 15 is 0 Å². The lowest BCUT2D eigenvalue weighted by molar-refractivity contribution is 0.141. The lowest BCUT2D eigenvalue weighted by Gasteiger charge is -2.33. The minimum absolute atomic E-state index is 0.0572. The molecule has 1 aliphatic rings. The Balaban J connectivity index is 1.68.